The number of likely N-dealkylation sites (N-methyl/N-ethyl adjacent to an activating group) is 1. The molecule has 0 heterocycles. The predicted octanol–water partition coefficient (Wildman–Crippen LogP) is 3.37. The van der Waals surface area contributed by atoms with E-state index < -0.39 is 6.10 Å². The first-order valence-corrected chi connectivity index (χ1v) is 10.1. The smallest absolute Gasteiger partial charge is 0.161 e. The third-order valence-electron chi connectivity index (χ3n) is 4.18. The fraction of sp³-hybridized carbons (Fsp3) is 0.478. The van der Waals surface area contributed by atoms with Crippen molar-refractivity contribution in [3.63, 3.8) is 0 Å². The molecule has 0 aliphatic carbocycles. The molecular weight excluding hydrogens is 370 g/mol. The van der Waals surface area contributed by atoms with Gasteiger partial charge in [0, 0.05) is 19.7 Å². The highest BCUT2D eigenvalue weighted by molar-refractivity contribution is 5.39. The van der Waals surface area contributed by atoms with Gasteiger partial charge in [0.1, 0.15) is 25.1 Å². The molecule has 29 heavy (non-hydrogen) atoms. The van der Waals surface area contributed by atoms with Crippen LogP contribution >= 0.6 is 0 Å². The number of hydrogen-bond acceptors (Lipinski definition) is 6. The molecule has 0 spiro atoms. The van der Waals surface area contributed by atoms with E-state index in [2.05, 4.69) is 4.90 Å². The van der Waals surface area contributed by atoms with Crippen molar-refractivity contribution >= 4 is 0 Å². The van der Waals surface area contributed by atoms with Crippen LogP contribution < -0.4 is 14.2 Å². The van der Waals surface area contributed by atoms with E-state index in [9.17, 15) is 5.11 Å². The molecule has 0 bridgehead atoms. The van der Waals surface area contributed by atoms with Crippen LogP contribution in [0.2, 0.25) is 0 Å². The second kappa shape index (κ2) is 13.0. The van der Waals surface area contributed by atoms with E-state index in [0.717, 1.165) is 17.9 Å². The molecule has 0 saturated carbocycles. The van der Waals surface area contributed by atoms with E-state index in [4.69, 9.17) is 18.9 Å². The molecule has 0 aliphatic heterocycles. The van der Waals surface area contributed by atoms with Crippen molar-refractivity contribution in [2.75, 3.05) is 46.6 Å². The highest BCUT2D eigenvalue weighted by Gasteiger charge is 2.12. The van der Waals surface area contributed by atoms with Crippen LogP contribution in [0.15, 0.2) is 48.5 Å². The molecule has 6 nitrogen and oxygen atoms in total. The van der Waals surface area contributed by atoms with Crippen LogP contribution in [0.1, 0.15) is 19.4 Å². The lowest BCUT2D eigenvalue weighted by Crippen LogP contribution is -2.32. The zero-order valence-electron chi connectivity index (χ0n) is 17.7. The number of aliphatic hydroxyl groups is 1. The largest absolute Gasteiger partial charge is 0.491 e. The van der Waals surface area contributed by atoms with Crippen LogP contribution in [0.25, 0.3) is 0 Å². The molecular formula is C23H33NO5. The second-order valence-corrected chi connectivity index (χ2v) is 6.73. The van der Waals surface area contributed by atoms with Crippen LogP contribution in [-0.2, 0) is 11.3 Å². The summed E-state index contributed by atoms with van der Waals surface area (Å²) in [6.45, 7) is 7.75. The predicted molar refractivity (Wildman–Crippen MR) is 114 cm³/mol. The molecule has 2 aromatic carbocycles. The Balaban J connectivity index is 1.73. The molecule has 160 valence electrons. The second-order valence-electron chi connectivity index (χ2n) is 6.73. The number of hydrogen-bond donors (Lipinski definition) is 1. The average Bonchev–Trinajstić information content (AvgIpc) is 2.72. The van der Waals surface area contributed by atoms with Gasteiger partial charge in [-0.15, -0.1) is 0 Å². The van der Waals surface area contributed by atoms with Crippen molar-refractivity contribution in [2.45, 2.75) is 26.5 Å². The zero-order valence-corrected chi connectivity index (χ0v) is 17.7. The number of benzene rings is 2. The van der Waals surface area contributed by atoms with Crippen LogP contribution in [0.3, 0.4) is 0 Å². The Morgan fingerprint density at radius 2 is 1.55 bits per heavy atom. The van der Waals surface area contributed by atoms with Gasteiger partial charge >= 0.3 is 0 Å². The molecule has 1 N–H and O–H groups in total. The summed E-state index contributed by atoms with van der Waals surface area (Å²) in [5, 5.41) is 10.3. The van der Waals surface area contributed by atoms with Gasteiger partial charge in [0.15, 0.2) is 11.5 Å². The third kappa shape index (κ3) is 8.73. The van der Waals surface area contributed by atoms with Gasteiger partial charge < -0.3 is 24.1 Å². The SMILES string of the molecule is CCOCCOc1ccc(CN(C)CC(O)COc2ccccc2OCC)cc1. The molecule has 2 rings (SSSR count). The number of aliphatic hydroxyl groups excluding tert-OH is 1. The number of ether oxygens (including phenoxy) is 4. The summed E-state index contributed by atoms with van der Waals surface area (Å²) in [4.78, 5) is 2.06. The standard InChI is InChI=1S/C23H33NO5/c1-4-26-14-15-28-21-12-10-19(11-13-21)16-24(3)17-20(25)18-29-23-9-7-6-8-22(23)27-5-2/h6-13,20,25H,4-5,14-18H2,1-3H3. The maximum atomic E-state index is 10.3. The summed E-state index contributed by atoms with van der Waals surface area (Å²) in [7, 11) is 1.98. The van der Waals surface area contributed by atoms with Crippen LogP contribution in [0.5, 0.6) is 17.2 Å². The Labute approximate surface area is 174 Å². The third-order valence-corrected chi connectivity index (χ3v) is 4.18. The zero-order chi connectivity index (χ0) is 20.9. The Morgan fingerprint density at radius 3 is 2.21 bits per heavy atom. The lowest BCUT2D eigenvalue weighted by Gasteiger charge is -2.21. The van der Waals surface area contributed by atoms with Gasteiger partial charge in [-0.05, 0) is 50.7 Å². The van der Waals surface area contributed by atoms with Gasteiger partial charge in [0.05, 0.1) is 13.2 Å². The number of rotatable bonds is 14. The maximum absolute atomic E-state index is 10.3. The van der Waals surface area contributed by atoms with Crippen molar-refractivity contribution in [1.82, 2.24) is 4.90 Å². The molecule has 0 amide bonds. The molecule has 0 radical (unpaired) electrons. The Bertz CT molecular complexity index is 692. The van der Waals surface area contributed by atoms with Crippen molar-refractivity contribution < 1.29 is 24.1 Å². The van der Waals surface area contributed by atoms with Gasteiger partial charge in [-0.1, -0.05) is 24.3 Å². The normalized spacial score (nSPS) is 12.0. The minimum absolute atomic E-state index is 0.209. The monoisotopic (exact) mass is 403 g/mol. The summed E-state index contributed by atoms with van der Waals surface area (Å²) in [6.07, 6.45) is -0.601. The van der Waals surface area contributed by atoms with E-state index in [1.54, 1.807) is 0 Å². The van der Waals surface area contributed by atoms with Crippen LogP contribution in [0.4, 0.5) is 0 Å². The summed E-state index contributed by atoms with van der Waals surface area (Å²) in [5.74, 6) is 2.17. The van der Waals surface area contributed by atoms with Gasteiger partial charge in [-0.25, -0.2) is 0 Å². The highest BCUT2D eigenvalue weighted by Crippen LogP contribution is 2.26. The van der Waals surface area contributed by atoms with E-state index in [0.29, 0.717) is 44.5 Å². The first-order chi connectivity index (χ1) is 14.1. The molecule has 2 aromatic rings. The Morgan fingerprint density at radius 1 is 0.862 bits per heavy atom. The maximum Gasteiger partial charge on any atom is 0.161 e. The Kier molecular flexibility index (Phi) is 10.3. The van der Waals surface area contributed by atoms with E-state index in [1.165, 1.54) is 0 Å². The topological polar surface area (TPSA) is 60.4 Å². The Hall–Kier alpha value is -2.28. The van der Waals surface area contributed by atoms with Gasteiger partial charge in [-0.3, -0.25) is 4.90 Å². The summed E-state index contributed by atoms with van der Waals surface area (Å²) < 4.78 is 22.2. The lowest BCUT2D eigenvalue weighted by atomic mass is 10.2. The highest BCUT2D eigenvalue weighted by atomic mass is 16.5. The quantitative estimate of drug-likeness (QED) is 0.488. The molecule has 0 aromatic heterocycles. The lowest BCUT2D eigenvalue weighted by molar-refractivity contribution is 0.0730. The molecule has 0 fully saturated rings. The summed E-state index contributed by atoms with van der Waals surface area (Å²) in [5.41, 5.74) is 1.15. The number of nitrogens with zero attached hydrogens (tertiary/aromatic N) is 1. The van der Waals surface area contributed by atoms with Gasteiger partial charge in [0.25, 0.3) is 0 Å². The van der Waals surface area contributed by atoms with E-state index in [1.807, 2.05) is 69.4 Å². The minimum Gasteiger partial charge on any atom is -0.491 e. The average molecular weight is 404 g/mol. The fourth-order valence-corrected chi connectivity index (χ4v) is 2.87. The first kappa shape index (κ1) is 23.0. The molecule has 0 aliphatic rings. The minimum atomic E-state index is -0.601. The molecule has 6 heteroatoms. The van der Waals surface area contributed by atoms with Crippen molar-refractivity contribution in [3.05, 3.63) is 54.1 Å². The van der Waals surface area contributed by atoms with Crippen molar-refractivity contribution in [1.29, 1.82) is 0 Å². The molecule has 1 atom stereocenters. The van der Waals surface area contributed by atoms with Crippen molar-refractivity contribution in [2.24, 2.45) is 0 Å². The van der Waals surface area contributed by atoms with E-state index >= 15 is 0 Å². The van der Waals surface area contributed by atoms with Gasteiger partial charge in [-0.2, -0.15) is 0 Å². The van der Waals surface area contributed by atoms with E-state index in [-0.39, 0.29) is 6.61 Å². The van der Waals surface area contributed by atoms with Crippen molar-refractivity contribution in [3.8, 4) is 17.2 Å². The fourth-order valence-electron chi connectivity index (χ4n) is 2.87. The van der Waals surface area contributed by atoms with Crippen LogP contribution in [0, 0.1) is 0 Å². The summed E-state index contributed by atoms with van der Waals surface area (Å²) >= 11 is 0. The molecule has 0 saturated heterocycles. The number of para-hydroxylation sites is 2. The van der Waals surface area contributed by atoms with Crippen LogP contribution in [-0.4, -0.2) is 62.7 Å². The van der Waals surface area contributed by atoms with Gasteiger partial charge in [0.2, 0.25) is 0 Å². The summed E-state index contributed by atoms with van der Waals surface area (Å²) in [6, 6.07) is 15.5. The first-order valence-electron chi connectivity index (χ1n) is 10.1. The molecule has 1 unspecified atom stereocenters.